The van der Waals surface area contributed by atoms with E-state index in [0.29, 0.717) is 40.0 Å². The number of aldehydes is 1. The third-order valence-electron chi connectivity index (χ3n) is 6.47. The van der Waals surface area contributed by atoms with Crippen LogP contribution < -0.4 is 4.74 Å². The van der Waals surface area contributed by atoms with Gasteiger partial charge in [-0.3, -0.25) is 19.3 Å². The zero-order chi connectivity index (χ0) is 24.1. The van der Waals surface area contributed by atoms with E-state index in [1.54, 1.807) is 12.1 Å². The zero-order valence-electron chi connectivity index (χ0n) is 19.6. The van der Waals surface area contributed by atoms with Crippen LogP contribution in [0.25, 0.3) is 32.9 Å². The van der Waals surface area contributed by atoms with Crippen molar-refractivity contribution in [2.75, 3.05) is 34.3 Å². The summed E-state index contributed by atoms with van der Waals surface area (Å²) in [6, 6.07) is 14.9. The van der Waals surface area contributed by atoms with Gasteiger partial charge in [0.15, 0.2) is 0 Å². The van der Waals surface area contributed by atoms with E-state index in [1.165, 1.54) is 7.05 Å². The lowest BCUT2D eigenvalue weighted by Crippen LogP contribution is -2.24. The Morgan fingerprint density at radius 1 is 0.912 bits per heavy atom. The third-order valence-corrected chi connectivity index (χ3v) is 6.47. The van der Waals surface area contributed by atoms with E-state index >= 15 is 0 Å². The molecular formula is C27H25N3O4. The van der Waals surface area contributed by atoms with Crippen molar-refractivity contribution in [2.45, 2.75) is 0 Å². The molecule has 7 nitrogen and oxygen atoms in total. The molecule has 1 aliphatic rings. The predicted molar refractivity (Wildman–Crippen MR) is 132 cm³/mol. The number of hydrogen-bond acceptors (Lipinski definition) is 5. The van der Waals surface area contributed by atoms with Crippen LogP contribution in [0.2, 0.25) is 0 Å². The van der Waals surface area contributed by atoms with Gasteiger partial charge in [-0.15, -0.1) is 0 Å². The van der Waals surface area contributed by atoms with Crippen LogP contribution in [0, 0.1) is 0 Å². The SMILES string of the molecule is CN(C)CCOc1ccccc1-c1cc2c(c3c1C(=O)N(C)C3=O)c1cc(C=O)ccc1n2C. The molecule has 172 valence electrons. The minimum absolute atomic E-state index is 0.344. The average Bonchev–Trinajstić information content (AvgIpc) is 3.24. The molecule has 0 spiro atoms. The molecule has 1 aliphatic heterocycles. The van der Waals surface area contributed by atoms with E-state index in [2.05, 4.69) is 0 Å². The van der Waals surface area contributed by atoms with Crippen molar-refractivity contribution >= 4 is 39.9 Å². The number of benzene rings is 3. The first-order valence-corrected chi connectivity index (χ1v) is 11.1. The van der Waals surface area contributed by atoms with Crippen molar-refractivity contribution in [1.82, 2.24) is 14.4 Å². The summed E-state index contributed by atoms with van der Waals surface area (Å²) in [5.74, 6) is -0.0342. The fourth-order valence-corrected chi connectivity index (χ4v) is 4.68. The standard InChI is InChI=1S/C27H25N3O4/c1-28(2)11-12-34-22-8-6-5-7-17(22)18-14-21-23(25-24(18)26(32)30(4)27(25)33)19-13-16(15-31)9-10-20(19)29(21)3/h5-10,13-15H,11-12H2,1-4H3. The van der Waals surface area contributed by atoms with Crippen LogP contribution in [0.1, 0.15) is 31.1 Å². The highest BCUT2D eigenvalue weighted by Crippen LogP contribution is 2.43. The summed E-state index contributed by atoms with van der Waals surface area (Å²) in [5.41, 5.74) is 4.37. The lowest BCUT2D eigenvalue weighted by molar-refractivity contribution is 0.0693. The van der Waals surface area contributed by atoms with Gasteiger partial charge in [0.05, 0.1) is 16.6 Å². The quantitative estimate of drug-likeness (QED) is 0.325. The van der Waals surface area contributed by atoms with Crippen LogP contribution in [0.15, 0.2) is 48.5 Å². The van der Waals surface area contributed by atoms with Gasteiger partial charge < -0.3 is 14.2 Å². The van der Waals surface area contributed by atoms with Gasteiger partial charge in [-0.2, -0.15) is 0 Å². The molecule has 0 N–H and O–H groups in total. The molecule has 0 fully saturated rings. The minimum Gasteiger partial charge on any atom is -0.492 e. The van der Waals surface area contributed by atoms with E-state index in [-0.39, 0.29) is 11.8 Å². The zero-order valence-corrected chi connectivity index (χ0v) is 19.6. The molecule has 7 heteroatoms. The second-order valence-corrected chi connectivity index (χ2v) is 8.84. The van der Waals surface area contributed by atoms with Crippen LogP contribution in [0.4, 0.5) is 0 Å². The van der Waals surface area contributed by atoms with E-state index in [1.807, 2.05) is 67.0 Å². The summed E-state index contributed by atoms with van der Waals surface area (Å²) in [4.78, 5) is 41.3. The topological polar surface area (TPSA) is 71.8 Å². The molecule has 34 heavy (non-hydrogen) atoms. The Morgan fingerprint density at radius 3 is 2.38 bits per heavy atom. The number of amides is 2. The van der Waals surface area contributed by atoms with Gasteiger partial charge >= 0.3 is 0 Å². The molecule has 5 rings (SSSR count). The summed E-state index contributed by atoms with van der Waals surface area (Å²) in [5, 5.41) is 1.46. The Morgan fingerprint density at radius 2 is 1.65 bits per heavy atom. The molecule has 4 aromatic rings. The normalized spacial score (nSPS) is 13.4. The molecular weight excluding hydrogens is 430 g/mol. The van der Waals surface area contributed by atoms with Crippen LogP contribution in [-0.2, 0) is 7.05 Å². The molecule has 0 saturated carbocycles. The van der Waals surface area contributed by atoms with Crippen LogP contribution in [0.5, 0.6) is 5.75 Å². The monoisotopic (exact) mass is 455 g/mol. The number of likely N-dealkylation sites (N-methyl/N-ethyl adjacent to an activating group) is 1. The number of para-hydroxylation sites is 1. The molecule has 0 radical (unpaired) electrons. The molecule has 0 bridgehead atoms. The highest BCUT2D eigenvalue weighted by atomic mass is 16.5. The second kappa shape index (κ2) is 8.11. The Bertz CT molecular complexity index is 1500. The number of fused-ring (bicyclic) bond motifs is 5. The Balaban J connectivity index is 1.84. The lowest BCUT2D eigenvalue weighted by atomic mass is 9.92. The third kappa shape index (κ3) is 3.20. The highest BCUT2D eigenvalue weighted by Gasteiger charge is 2.39. The van der Waals surface area contributed by atoms with Gasteiger partial charge in [-0.25, -0.2) is 0 Å². The second-order valence-electron chi connectivity index (χ2n) is 8.84. The largest absolute Gasteiger partial charge is 0.492 e. The average molecular weight is 456 g/mol. The molecule has 3 aromatic carbocycles. The summed E-state index contributed by atoms with van der Waals surface area (Å²) >= 11 is 0. The molecule has 2 heterocycles. The molecule has 0 aliphatic carbocycles. The summed E-state index contributed by atoms with van der Waals surface area (Å²) in [7, 11) is 7.38. The number of imide groups is 1. The lowest BCUT2D eigenvalue weighted by Gasteiger charge is -2.16. The van der Waals surface area contributed by atoms with Gasteiger partial charge in [-0.1, -0.05) is 18.2 Å². The summed E-state index contributed by atoms with van der Waals surface area (Å²) < 4.78 is 8.08. The fraction of sp³-hybridized carbons (Fsp3) is 0.222. The first-order valence-electron chi connectivity index (χ1n) is 11.1. The smallest absolute Gasteiger partial charge is 0.262 e. The Labute approximate surface area is 197 Å². The number of hydrogen-bond donors (Lipinski definition) is 0. The molecule has 1 aromatic heterocycles. The number of carbonyl (C=O) groups excluding carboxylic acids is 3. The Kier molecular flexibility index (Phi) is 5.21. The van der Waals surface area contributed by atoms with Gasteiger partial charge in [0.1, 0.15) is 18.6 Å². The number of aromatic nitrogens is 1. The van der Waals surface area contributed by atoms with E-state index in [0.717, 1.165) is 39.7 Å². The van der Waals surface area contributed by atoms with Crippen molar-refractivity contribution in [3.8, 4) is 16.9 Å². The number of rotatable bonds is 6. The van der Waals surface area contributed by atoms with Crippen molar-refractivity contribution in [1.29, 1.82) is 0 Å². The highest BCUT2D eigenvalue weighted by molar-refractivity contribution is 6.32. The minimum atomic E-state index is -0.345. The van der Waals surface area contributed by atoms with Gasteiger partial charge in [0, 0.05) is 53.6 Å². The number of carbonyl (C=O) groups is 3. The van der Waals surface area contributed by atoms with Crippen LogP contribution in [-0.4, -0.2) is 66.8 Å². The van der Waals surface area contributed by atoms with Crippen LogP contribution in [0.3, 0.4) is 0 Å². The van der Waals surface area contributed by atoms with Crippen molar-refractivity contribution < 1.29 is 19.1 Å². The maximum Gasteiger partial charge on any atom is 0.262 e. The predicted octanol–water partition coefficient (Wildman–Crippen LogP) is 3.98. The van der Waals surface area contributed by atoms with Crippen LogP contribution >= 0.6 is 0 Å². The molecule has 2 amide bonds. The van der Waals surface area contributed by atoms with Crippen molar-refractivity contribution in [3.63, 3.8) is 0 Å². The Hall–Kier alpha value is -3.97. The van der Waals surface area contributed by atoms with Crippen molar-refractivity contribution in [3.05, 3.63) is 65.2 Å². The summed E-state index contributed by atoms with van der Waals surface area (Å²) in [6.45, 7) is 1.23. The maximum atomic E-state index is 13.3. The summed E-state index contributed by atoms with van der Waals surface area (Å²) in [6.07, 6.45) is 0.785. The molecule has 0 unspecified atom stereocenters. The van der Waals surface area contributed by atoms with Gasteiger partial charge in [0.25, 0.3) is 11.8 Å². The number of ether oxygens (including phenoxy) is 1. The van der Waals surface area contributed by atoms with Crippen molar-refractivity contribution in [2.24, 2.45) is 7.05 Å². The fourth-order valence-electron chi connectivity index (χ4n) is 4.68. The molecule has 0 atom stereocenters. The van der Waals surface area contributed by atoms with Gasteiger partial charge in [-0.05, 0) is 44.4 Å². The van der Waals surface area contributed by atoms with E-state index in [9.17, 15) is 14.4 Å². The first kappa shape index (κ1) is 21.9. The van der Waals surface area contributed by atoms with E-state index < -0.39 is 0 Å². The van der Waals surface area contributed by atoms with Gasteiger partial charge in [0.2, 0.25) is 0 Å². The molecule has 0 saturated heterocycles. The van der Waals surface area contributed by atoms with E-state index in [4.69, 9.17) is 4.74 Å². The number of aryl methyl sites for hydroxylation is 1. The maximum absolute atomic E-state index is 13.3. The first-order chi connectivity index (χ1) is 16.3. The number of nitrogens with zero attached hydrogens (tertiary/aromatic N) is 3.